The first-order valence-electron chi connectivity index (χ1n) is 7.05. The van der Waals surface area contributed by atoms with Gasteiger partial charge in [0.2, 0.25) is 0 Å². The number of piperidine rings is 1. The molecular formula is C16H20N2O. The quantitative estimate of drug-likeness (QED) is 0.763. The number of allylic oxidation sites excluding steroid dienone is 1. The van der Waals surface area contributed by atoms with Crippen molar-refractivity contribution in [1.29, 1.82) is 0 Å². The van der Waals surface area contributed by atoms with Gasteiger partial charge in [0.1, 0.15) is 0 Å². The number of anilines is 1. The lowest BCUT2D eigenvalue weighted by Crippen LogP contribution is -2.39. The van der Waals surface area contributed by atoms with Gasteiger partial charge in [0.15, 0.2) is 0 Å². The van der Waals surface area contributed by atoms with Crippen LogP contribution in [0.15, 0.2) is 35.4 Å². The number of amides is 2. The molecule has 19 heavy (non-hydrogen) atoms. The Morgan fingerprint density at radius 1 is 1.11 bits per heavy atom. The zero-order chi connectivity index (χ0) is 13.2. The third kappa shape index (κ3) is 2.98. The molecule has 0 unspecified atom stereocenters. The Labute approximate surface area is 114 Å². The number of aryl methyl sites for hydroxylation is 1. The van der Waals surface area contributed by atoms with E-state index in [2.05, 4.69) is 5.32 Å². The number of carbonyl (C=O) groups is 1. The van der Waals surface area contributed by atoms with Crippen LogP contribution in [0.1, 0.15) is 31.2 Å². The van der Waals surface area contributed by atoms with E-state index in [1.165, 1.54) is 12.8 Å². The molecule has 1 saturated carbocycles. The Morgan fingerprint density at radius 3 is 2.42 bits per heavy atom. The van der Waals surface area contributed by atoms with Crippen LogP contribution in [-0.2, 0) is 0 Å². The Morgan fingerprint density at radius 2 is 1.79 bits per heavy atom. The second kappa shape index (κ2) is 5.08. The second-order valence-corrected chi connectivity index (χ2v) is 5.49. The molecule has 1 heterocycles. The summed E-state index contributed by atoms with van der Waals surface area (Å²) in [4.78, 5) is 14.1. The fraction of sp³-hybridized carbons (Fsp3) is 0.438. The Hall–Kier alpha value is -1.77. The first-order chi connectivity index (χ1) is 9.22. The van der Waals surface area contributed by atoms with E-state index in [9.17, 15) is 4.79 Å². The fourth-order valence-corrected chi connectivity index (χ4v) is 2.67. The SMILES string of the molecule is Cc1cccc(NC(=O)N2CCC(=C3CC3)CC2)c1. The summed E-state index contributed by atoms with van der Waals surface area (Å²) in [5.41, 5.74) is 5.31. The molecule has 3 rings (SSSR count). The first-order valence-corrected chi connectivity index (χ1v) is 7.05. The van der Waals surface area contributed by atoms with Crippen LogP contribution in [0, 0.1) is 6.92 Å². The van der Waals surface area contributed by atoms with Gasteiger partial charge in [-0.1, -0.05) is 23.3 Å². The highest BCUT2D eigenvalue weighted by Gasteiger charge is 2.24. The molecular weight excluding hydrogens is 236 g/mol. The van der Waals surface area contributed by atoms with E-state index in [4.69, 9.17) is 0 Å². The molecule has 0 spiro atoms. The molecule has 0 bridgehead atoms. The van der Waals surface area contributed by atoms with Gasteiger partial charge in [0, 0.05) is 18.8 Å². The number of hydrogen-bond donors (Lipinski definition) is 1. The predicted octanol–water partition coefficient (Wildman–Crippen LogP) is 3.71. The van der Waals surface area contributed by atoms with E-state index < -0.39 is 0 Å². The van der Waals surface area contributed by atoms with E-state index in [-0.39, 0.29) is 6.03 Å². The number of hydrogen-bond acceptors (Lipinski definition) is 1. The molecule has 3 heteroatoms. The van der Waals surface area contributed by atoms with Gasteiger partial charge in [-0.2, -0.15) is 0 Å². The van der Waals surface area contributed by atoms with Gasteiger partial charge in [0.05, 0.1) is 0 Å². The molecule has 3 nitrogen and oxygen atoms in total. The average molecular weight is 256 g/mol. The van der Waals surface area contributed by atoms with Crippen molar-refractivity contribution in [2.75, 3.05) is 18.4 Å². The standard InChI is InChI=1S/C16H20N2O/c1-12-3-2-4-15(11-12)17-16(19)18-9-7-14(8-10-18)13-5-6-13/h2-4,11H,5-10H2,1H3,(H,17,19). The number of rotatable bonds is 1. The number of benzene rings is 1. The van der Waals surface area contributed by atoms with Crippen molar-refractivity contribution in [1.82, 2.24) is 4.90 Å². The van der Waals surface area contributed by atoms with Gasteiger partial charge in [-0.15, -0.1) is 0 Å². The maximum Gasteiger partial charge on any atom is 0.321 e. The zero-order valence-electron chi connectivity index (χ0n) is 11.4. The lowest BCUT2D eigenvalue weighted by molar-refractivity contribution is 0.207. The number of carbonyl (C=O) groups excluding carboxylic acids is 1. The molecule has 1 saturated heterocycles. The van der Waals surface area contributed by atoms with E-state index in [1.54, 1.807) is 11.1 Å². The Bertz CT molecular complexity index is 517. The van der Waals surface area contributed by atoms with E-state index in [1.807, 2.05) is 36.1 Å². The van der Waals surface area contributed by atoms with Crippen molar-refractivity contribution in [3.63, 3.8) is 0 Å². The molecule has 1 aliphatic heterocycles. The summed E-state index contributed by atoms with van der Waals surface area (Å²) in [5, 5.41) is 2.98. The van der Waals surface area contributed by atoms with Crippen LogP contribution in [-0.4, -0.2) is 24.0 Å². The molecule has 0 aromatic heterocycles. The fourth-order valence-electron chi connectivity index (χ4n) is 2.67. The van der Waals surface area contributed by atoms with Gasteiger partial charge in [0.25, 0.3) is 0 Å². The maximum atomic E-state index is 12.2. The lowest BCUT2D eigenvalue weighted by atomic mass is 10.0. The number of likely N-dealkylation sites (tertiary alicyclic amines) is 1. The summed E-state index contributed by atoms with van der Waals surface area (Å²) in [5.74, 6) is 0. The molecule has 0 radical (unpaired) electrons. The van der Waals surface area contributed by atoms with Gasteiger partial charge < -0.3 is 10.2 Å². The highest BCUT2D eigenvalue weighted by Crippen LogP contribution is 2.36. The topological polar surface area (TPSA) is 32.3 Å². The van der Waals surface area contributed by atoms with E-state index in [0.29, 0.717) is 0 Å². The van der Waals surface area contributed by atoms with Gasteiger partial charge >= 0.3 is 6.03 Å². The number of urea groups is 1. The molecule has 1 N–H and O–H groups in total. The monoisotopic (exact) mass is 256 g/mol. The van der Waals surface area contributed by atoms with Crippen molar-refractivity contribution in [3.8, 4) is 0 Å². The minimum absolute atomic E-state index is 0.0328. The van der Waals surface area contributed by atoms with Crippen molar-refractivity contribution < 1.29 is 4.79 Å². The van der Waals surface area contributed by atoms with Crippen LogP contribution in [0.5, 0.6) is 0 Å². The molecule has 2 amide bonds. The van der Waals surface area contributed by atoms with Gasteiger partial charge in [-0.3, -0.25) is 0 Å². The summed E-state index contributed by atoms with van der Waals surface area (Å²) in [7, 11) is 0. The molecule has 100 valence electrons. The summed E-state index contributed by atoms with van der Waals surface area (Å²) in [6.07, 6.45) is 4.72. The van der Waals surface area contributed by atoms with Crippen molar-refractivity contribution >= 4 is 11.7 Å². The summed E-state index contributed by atoms with van der Waals surface area (Å²) >= 11 is 0. The molecule has 1 aromatic carbocycles. The van der Waals surface area contributed by atoms with Crippen LogP contribution in [0.3, 0.4) is 0 Å². The minimum Gasteiger partial charge on any atom is -0.324 e. The molecule has 2 fully saturated rings. The molecule has 1 aromatic rings. The van der Waals surface area contributed by atoms with Crippen molar-refractivity contribution in [2.24, 2.45) is 0 Å². The van der Waals surface area contributed by atoms with Crippen LogP contribution in [0.4, 0.5) is 10.5 Å². The Kier molecular flexibility index (Phi) is 3.28. The normalized spacial score (nSPS) is 18.5. The Balaban J connectivity index is 1.58. The number of nitrogens with one attached hydrogen (secondary N) is 1. The minimum atomic E-state index is 0.0328. The van der Waals surface area contributed by atoms with Gasteiger partial charge in [-0.05, 0) is 50.3 Å². The largest absolute Gasteiger partial charge is 0.324 e. The van der Waals surface area contributed by atoms with Crippen LogP contribution in [0.2, 0.25) is 0 Å². The molecule has 1 aliphatic carbocycles. The lowest BCUT2D eigenvalue weighted by Gasteiger charge is -2.28. The van der Waals surface area contributed by atoms with Crippen molar-refractivity contribution in [3.05, 3.63) is 41.0 Å². The summed E-state index contributed by atoms with van der Waals surface area (Å²) in [6, 6.07) is 7.97. The van der Waals surface area contributed by atoms with Crippen LogP contribution < -0.4 is 5.32 Å². The smallest absolute Gasteiger partial charge is 0.321 e. The summed E-state index contributed by atoms with van der Waals surface area (Å²) in [6.45, 7) is 3.75. The number of nitrogens with zero attached hydrogens (tertiary/aromatic N) is 1. The summed E-state index contributed by atoms with van der Waals surface area (Å²) < 4.78 is 0. The van der Waals surface area contributed by atoms with E-state index in [0.717, 1.165) is 37.2 Å². The average Bonchev–Trinajstić information content (AvgIpc) is 3.23. The van der Waals surface area contributed by atoms with Crippen molar-refractivity contribution in [2.45, 2.75) is 32.6 Å². The molecule has 2 aliphatic rings. The van der Waals surface area contributed by atoms with Crippen LogP contribution >= 0.6 is 0 Å². The van der Waals surface area contributed by atoms with Crippen LogP contribution in [0.25, 0.3) is 0 Å². The third-order valence-electron chi connectivity index (χ3n) is 3.92. The predicted molar refractivity (Wildman–Crippen MR) is 77.3 cm³/mol. The van der Waals surface area contributed by atoms with E-state index >= 15 is 0 Å². The highest BCUT2D eigenvalue weighted by atomic mass is 16.2. The second-order valence-electron chi connectivity index (χ2n) is 5.49. The first kappa shape index (κ1) is 12.3. The third-order valence-corrected chi connectivity index (χ3v) is 3.92. The zero-order valence-corrected chi connectivity index (χ0v) is 11.4. The highest BCUT2D eigenvalue weighted by molar-refractivity contribution is 5.89. The maximum absolute atomic E-state index is 12.2. The van der Waals surface area contributed by atoms with Gasteiger partial charge in [-0.25, -0.2) is 4.79 Å². The molecule has 0 atom stereocenters.